The molecular formula is C35H62O3Si3. The largest absolute Gasteiger partial charge is 0.500 e. The van der Waals surface area contributed by atoms with Crippen LogP contribution in [0.25, 0.3) is 0 Å². The molecule has 41 heavy (non-hydrogen) atoms. The van der Waals surface area contributed by atoms with Gasteiger partial charge in [0.05, 0.1) is 16.1 Å². The molecule has 0 bridgehead atoms. The van der Waals surface area contributed by atoms with Crippen molar-refractivity contribution >= 4 is 35.3 Å². The number of aryl methyl sites for hydroxylation is 2. The Morgan fingerprint density at radius 3 is 1.24 bits per heavy atom. The van der Waals surface area contributed by atoms with Crippen molar-refractivity contribution in [1.82, 2.24) is 0 Å². The van der Waals surface area contributed by atoms with Gasteiger partial charge >= 0.3 is 8.80 Å². The second kappa shape index (κ2) is 18.6. The van der Waals surface area contributed by atoms with Crippen molar-refractivity contribution < 1.29 is 13.3 Å². The molecule has 6 heteroatoms. The fourth-order valence-corrected chi connectivity index (χ4v) is 12.4. The van der Waals surface area contributed by atoms with Crippen molar-refractivity contribution in [2.24, 2.45) is 0 Å². The lowest BCUT2D eigenvalue weighted by Crippen LogP contribution is -2.45. The predicted octanol–water partition coefficient (Wildman–Crippen LogP) is 9.10. The number of hydrogen-bond donors (Lipinski definition) is 0. The molecule has 0 fully saturated rings. The fourth-order valence-electron chi connectivity index (χ4n) is 5.90. The van der Waals surface area contributed by atoms with E-state index in [0.29, 0.717) is 0 Å². The molecule has 0 radical (unpaired) electrons. The predicted molar refractivity (Wildman–Crippen MR) is 188 cm³/mol. The maximum atomic E-state index is 5.57. The smallest absolute Gasteiger partial charge is 0.377 e. The Balaban J connectivity index is 1.78. The second-order valence-corrected chi connectivity index (χ2v) is 26.2. The Morgan fingerprint density at radius 2 is 0.829 bits per heavy atom. The highest BCUT2D eigenvalue weighted by Gasteiger charge is 2.37. The summed E-state index contributed by atoms with van der Waals surface area (Å²) in [7, 11) is -0.322. The molecule has 2 aromatic rings. The molecular weight excluding hydrogens is 553 g/mol. The van der Waals surface area contributed by atoms with Gasteiger partial charge in [-0.2, -0.15) is 0 Å². The molecule has 2 aromatic carbocycles. The molecule has 0 aliphatic carbocycles. The van der Waals surface area contributed by atoms with Crippen molar-refractivity contribution in [2.75, 3.05) is 21.3 Å². The average molecular weight is 615 g/mol. The van der Waals surface area contributed by atoms with Gasteiger partial charge in [0.2, 0.25) is 0 Å². The minimum Gasteiger partial charge on any atom is -0.377 e. The Kier molecular flexibility index (Phi) is 16.4. The van der Waals surface area contributed by atoms with E-state index in [4.69, 9.17) is 13.3 Å². The van der Waals surface area contributed by atoms with Crippen molar-refractivity contribution in [1.29, 1.82) is 0 Å². The van der Waals surface area contributed by atoms with Crippen LogP contribution < -0.4 is 10.4 Å². The molecule has 0 aliphatic heterocycles. The van der Waals surface area contributed by atoms with Crippen LogP contribution in [-0.2, 0) is 26.1 Å². The first-order valence-corrected chi connectivity index (χ1v) is 24.8. The molecule has 0 atom stereocenters. The molecule has 0 aromatic heterocycles. The molecule has 0 heterocycles. The highest BCUT2D eigenvalue weighted by Crippen LogP contribution is 2.20. The zero-order valence-corrected chi connectivity index (χ0v) is 31.0. The summed E-state index contributed by atoms with van der Waals surface area (Å²) in [6.45, 7) is 12.5. The van der Waals surface area contributed by atoms with Crippen LogP contribution in [0.5, 0.6) is 0 Å². The van der Waals surface area contributed by atoms with Gasteiger partial charge in [-0.1, -0.05) is 162 Å². The summed E-state index contributed by atoms with van der Waals surface area (Å²) in [6.07, 6.45) is 16.3. The van der Waals surface area contributed by atoms with Crippen LogP contribution in [0.2, 0.25) is 44.3 Å². The molecule has 0 N–H and O–H groups in total. The van der Waals surface area contributed by atoms with Gasteiger partial charge in [0.15, 0.2) is 0 Å². The van der Waals surface area contributed by atoms with Gasteiger partial charge in [0, 0.05) is 27.4 Å². The molecule has 0 saturated heterocycles. The highest BCUT2D eigenvalue weighted by atomic mass is 28.4. The first-order chi connectivity index (χ1) is 19.6. The minimum atomic E-state index is -2.52. The number of hydrogen-bond acceptors (Lipinski definition) is 3. The van der Waals surface area contributed by atoms with Crippen molar-refractivity contribution in [3.63, 3.8) is 0 Å². The SMILES string of the molecule is CCCCCCCCCCCC[Si](C)(C)c1ccc([Si](C)(C)CCc2ccc(CC[Si](OC)(OC)OC)cc2)cc1. The van der Waals surface area contributed by atoms with E-state index in [2.05, 4.69) is 81.6 Å². The van der Waals surface area contributed by atoms with Gasteiger partial charge in [0.25, 0.3) is 0 Å². The third kappa shape index (κ3) is 12.6. The number of unbranched alkanes of at least 4 members (excludes halogenated alkanes) is 9. The van der Waals surface area contributed by atoms with E-state index in [1.807, 2.05) is 0 Å². The van der Waals surface area contributed by atoms with Gasteiger partial charge in [0.1, 0.15) is 0 Å². The van der Waals surface area contributed by atoms with Crippen LogP contribution in [0.3, 0.4) is 0 Å². The van der Waals surface area contributed by atoms with Crippen LogP contribution >= 0.6 is 0 Å². The quantitative estimate of drug-likeness (QED) is 0.0978. The van der Waals surface area contributed by atoms with Crippen molar-refractivity contribution in [3.05, 3.63) is 59.7 Å². The monoisotopic (exact) mass is 614 g/mol. The minimum absolute atomic E-state index is 0.796. The Morgan fingerprint density at radius 1 is 0.463 bits per heavy atom. The fraction of sp³-hybridized carbons (Fsp3) is 0.657. The highest BCUT2D eigenvalue weighted by molar-refractivity contribution is 6.91. The second-order valence-electron chi connectivity index (χ2n) is 13.4. The van der Waals surface area contributed by atoms with E-state index in [1.54, 1.807) is 31.7 Å². The molecule has 232 valence electrons. The Labute approximate surface area is 257 Å². The maximum Gasteiger partial charge on any atom is 0.500 e. The summed E-state index contributed by atoms with van der Waals surface area (Å²) in [5, 5.41) is 3.24. The van der Waals surface area contributed by atoms with E-state index < -0.39 is 25.0 Å². The van der Waals surface area contributed by atoms with E-state index in [0.717, 1.165) is 18.9 Å². The third-order valence-electron chi connectivity index (χ3n) is 9.32. The van der Waals surface area contributed by atoms with Gasteiger partial charge < -0.3 is 13.3 Å². The molecule has 0 saturated carbocycles. The first kappa shape index (κ1) is 36.2. The average Bonchev–Trinajstić information content (AvgIpc) is 2.98. The van der Waals surface area contributed by atoms with Crippen molar-refractivity contribution in [2.45, 2.75) is 128 Å². The van der Waals surface area contributed by atoms with Crippen LogP contribution in [0.4, 0.5) is 0 Å². The molecule has 0 aliphatic rings. The lowest BCUT2D eigenvalue weighted by molar-refractivity contribution is 0.123. The van der Waals surface area contributed by atoms with E-state index in [1.165, 1.54) is 87.4 Å². The van der Waals surface area contributed by atoms with Crippen LogP contribution in [0.15, 0.2) is 48.5 Å². The summed E-state index contributed by atoms with van der Waals surface area (Å²) in [6, 6.07) is 22.6. The maximum absolute atomic E-state index is 5.57. The molecule has 0 spiro atoms. The summed E-state index contributed by atoms with van der Waals surface area (Å²) in [5.74, 6) is 0. The van der Waals surface area contributed by atoms with Gasteiger partial charge in [-0.15, -0.1) is 0 Å². The van der Waals surface area contributed by atoms with Crippen LogP contribution in [-0.4, -0.2) is 46.3 Å². The number of rotatable bonds is 22. The Hall–Kier alpha value is -1.03. The molecule has 3 nitrogen and oxygen atoms in total. The summed E-state index contributed by atoms with van der Waals surface area (Å²) in [5.41, 5.74) is 2.75. The summed E-state index contributed by atoms with van der Waals surface area (Å²) >= 11 is 0. The Bertz CT molecular complexity index is 945. The molecule has 0 unspecified atom stereocenters. The van der Waals surface area contributed by atoms with Gasteiger partial charge in [-0.05, 0) is 30.0 Å². The van der Waals surface area contributed by atoms with E-state index in [9.17, 15) is 0 Å². The standard InChI is InChI=1S/C35H62O3Si3/c1-9-10-11-12-13-14-15-16-17-18-29-39(5,6)34-23-25-35(26-24-34)40(7,8)30-27-32-19-21-33(22-20-32)28-31-41(36-2,37-3)38-4/h19-26H,9-18,27-31H2,1-8H3. The first-order valence-electron chi connectivity index (χ1n) is 16.5. The molecule has 2 rings (SSSR count). The summed E-state index contributed by atoms with van der Waals surface area (Å²) in [4.78, 5) is 0. The van der Waals surface area contributed by atoms with E-state index >= 15 is 0 Å². The van der Waals surface area contributed by atoms with E-state index in [-0.39, 0.29) is 0 Å². The zero-order chi connectivity index (χ0) is 30.2. The van der Waals surface area contributed by atoms with Gasteiger partial charge in [-0.3, -0.25) is 0 Å². The summed E-state index contributed by atoms with van der Waals surface area (Å²) < 4.78 is 16.7. The van der Waals surface area contributed by atoms with Crippen LogP contribution in [0, 0.1) is 0 Å². The van der Waals surface area contributed by atoms with Crippen LogP contribution in [0.1, 0.15) is 82.3 Å². The third-order valence-corrected chi connectivity index (χ3v) is 18.9. The van der Waals surface area contributed by atoms with Crippen molar-refractivity contribution in [3.8, 4) is 0 Å². The zero-order valence-electron chi connectivity index (χ0n) is 28.0. The van der Waals surface area contributed by atoms with Gasteiger partial charge in [-0.25, -0.2) is 0 Å². The lowest BCUT2D eigenvalue weighted by Gasteiger charge is -2.27. The molecule has 0 amide bonds. The normalized spacial score (nSPS) is 12.7. The number of benzene rings is 2. The topological polar surface area (TPSA) is 27.7 Å². The lowest BCUT2D eigenvalue weighted by atomic mass is 10.1.